The first-order valence-corrected chi connectivity index (χ1v) is 7.04. The number of ether oxygens (including phenoxy) is 1. The van der Waals surface area contributed by atoms with Crippen LogP contribution in [0.25, 0.3) is 0 Å². The van der Waals surface area contributed by atoms with Crippen LogP contribution >= 0.6 is 15.9 Å². The molecule has 6 heteroatoms. The van der Waals surface area contributed by atoms with Gasteiger partial charge in [0.2, 0.25) is 5.75 Å². The van der Waals surface area contributed by atoms with Crippen LogP contribution < -0.4 is 4.74 Å². The molecule has 0 aliphatic rings. The molecule has 0 N–H and O–H groups in total. The zero-order chi connectivity index (χ0) is 15.4. The molecule has 0 aliphatic carbocycles. The van der Waals surface area contributed by atoms with E-state index in [1.807, 2.05) is 6.92 Å². The Kier molecular flexibility index (Phi) is 4.70. The number of hydrogen-bond donors (Lipinski definition) is 0. The summed E-state index contributed by atoms with van der Waals surface area (Å²) in [5.41, 5.74) is 1.05. The second kappa shape index (κ2) is 6.49. The molecule has 0 saturated carbocycles. The van der Waals surface area contributed by atoms with E-state index in [1.54, 1.807) is 30.3 Å². The van der Waals surface area contributed by atoms with Crippen molar-refractivity contribution < 1.29 is 14.5 Å². The lowest BCUT2D eigenvalue weighted by Gasteiger charge is -2.09. The molecule has 2 aromatic rings. The Labute approximate surface area is 129 Å². The lowest BCUT2D eigenvalue weighted by Crippen LogP contribution is -1.97. The highest BCUT2D eigenvalue weighted by atomic mass is 79.9. The average molecular weight is 350 g/mol. The predicted octanol–water partition coefficient (Wildman–Crippen LogP) is 4.52. The van der Waals surface area contributed by atoms with Crippen LogP contribution in [0, 0.1) is 10.1 Å². The zero-order valence-electron chi connectivity index (χ0n) is 11.2. The standard InChI is InChI=1S/C15H12BrNO4/c1-2-10-3-6-14(13(7-10)17(19)20)21-15-8-12(16)5-4-11(15)9-18/h3-9H,2H2,1H3. The van der Waals surface area contributed by atoms with Gasteiger partial charge in [0, 0.05) is 10.5 Å². The largest absolute Gasteiger partial charge is 0.449 e. The van der Waals surface area contributed by atoms with Gasteiger partial charge >= 0.3 is 5.69 Å². The van der Waals surface area contributed by atoms with Gasteiger partial charge in [-0.2, -0.15) is 0 Å². The maximum absolute atomic E-state index is 11.1. The quantitative estimate of drug-likeness (QED) is 0.451. The summed E-state index contributed by atoms with van der Waals surface area (Å²) in [7, 11) is 0. The number of nitro groups is 1. The molecule has 0 heterocycles. The summed E-state index contributed by atoms with van der Waals surface area (Å²) in [6.07, 6.45) is 1.34. The Morgan fingerprint density at radius 1 is 1.24 bits per heavy atom. The fourth-order valence-corrected chi connectivity index (χ4v) is 2.16. The van der Waals surface area contributed by atoms with Gasteiger partial charge in [-0.25, -0.2) is 0 Å². The third-order valence-electron chi connectivity index (χ3n) is 2.95. The van der Waals surface area contributed by atoms with Crippen molar-refractivity contribution in [1.82, 2.24) is 0 Å². The Morgan fingerprint density at radius 3 is 2.62 bits per heavy atom. The van der Waals surface area contributed by atoms with E-state index in [9.17, 15) is 14.9 Å². The smallest absolute Gasteiger partial charge is 0.311 e. The Morgan fingerprint density at radius 2 is 2.00 bits per heavy atom. The van der Waals surface area contributed by atoms with E-state index in [0.717, 1.165) is 10.0 Å². The lowest BCUT2D eigenvalue weighted by molar-refractivity contribution is -0.385. The summed E-state index contributed by atoms with van der Waals surface area (Å²) in [6, 6.07) is 9.67. The first-order valence-electron chi connectivity index (χ1n) is 6.25. The third kappa shape index (κ3) is 3.46. The number of aryl methyl sites for hydroxylation is 1. The maximum Gasteiger partial charge on any atom is 0.311 e. The molecule has 0 amide bonds. The van der Waals surface area contributed by atoms with Gasteiger partial charge in [0.25, 0.3) is 0 Å². The van der Waals surface area contributed by atoms with Gasteiger partial charge in [-0.1, -0.05) is 28.9 Å². The van der Waals surface area contributed by atoms with Crippen LogP contribution in [-0.4, -0.2) is 11.2 Å². The van der Waals surface area contributed by atoms with Crippen molar-refractivity contribution in [1.29, 1.82) is 0 Å². The number of nitrogens with zero attached hydrogens (tertiary/aromatic N) is 1. The van der Waals surface area contributed by atoms with E-state index in [-0.39, 0.29) is 17.2 Å². The summed E-state index contributed by atoms with van der Waals surface area (Å²) in [6.45, 7) is 1.92. The summed E-state index contributed by atoms with van der Waals surface area (Å²) in [5.74, 6) is 0.380. The van der Waals surface area contributed by atoms with E-state index >= 15 is 0 Å². The highest BCUT2D eigenvalue weighted by Crippen LogP contribution is 2.34. The number of halogens is 1. The van der Waals surface area contributed by atoms with Crippen LogP contribution in [0.1, 0.15) is 22.8 Å². The highest BCUT2D eigenvalue weighted by Gasteiger charge is 2.17. The first kappa shape index (κ1) is 15.2. The van der Waals surface area contributed by atoms with Crippen molar-refractivity contribution >= 4 is 27.9 Å². The maximum atomic E-state index is 11.1. The monoisotopic (exact) mass is 349 g/mol. The number of nitro benzene ring substituents is 1. The molecule has 0 aliphatic heterocycles. The van der Waals surface area contributed by atoms with Crippen LogP contribution in [0.15, 0.2) is 40.9 Å². The van der Waals surface area contributed by atoms with Crippen molar-refractivity contribution in [3.8, 4) is 11.5 Å². The molecule has 2 aromatic carbocycles. The molecule has 5 nitrogen and oxygen atoms in total. The fraction of sp³-hybridized carbons (Fsp3) is 0.133. The zero-order valence-corrected chi connectivity index (χ0v) is 12.8. The van der Waals surface area contributed by atoms with E-state index in [2.05, 4.69) is 15.9 Å². The van der Waals surface area contributed by atoms with Crippen LogP contribution in [0.3, 0.4) is 0 Å². The molecule has 108 valence electrons. The van der Waals surface area contributed by atoms with E-state index in [4.69, 9.17) is 4.74 Å². The molecule has 0 fully saturated rings. The summed E-state index contributed by atoms with van der Waals surface area (Å²) in [5, 5.41) is 11.1. The van der Waals surface area contributed by atoms with Crippen LogP contribution in [-0.2, 0) is 6.42 Å². The number of benzene rings is 2. The van der Waals surface area contributed by atoms with Crippen LogP contribution in [0.2, 0.25) is 0 Å². The molecule has 0 bridgehead atoms. The molecular formula is C15H12BrNO4. The van der Waals surface area contributed by atoms with Crippen molar-refractivity contribution in [2.45, 2.75) is 13.3 Å². The van der Waals surface area contributed by atoms with E-state index < -0.39 is 4.92 Å². The Hall–Kier alpha value is -2.21. The molecule has 0 spiro atoms. The normalized spacial score (nSPS) is 10.2. The SMILES string of the molecule is CCc1ccc(Oc2cc(Br)ccc2C=O)c([N+](=O)[O-])c1. The van der Waals surface area contributed by atoms with Crippen molar-refractivity contribution in [3.63, 3.8) is 0 Å². The highest BCUT2D eigenvalue weighted by molar-refractivity contribution is 9.10. The second-order valence-corrected chi connectivity index (χ2v) is 5.23. The number of rotatable bonds is 5. The topological polar surface area (TPSA) is 69.4 Å². The van der Waals surface area contributed by atoms with Crippen molar-refractivity contribution in [3.05, 3.63) is 62.1 Å². The van der Waals surface area contributed by atoms with Gasteiger partial charge in [-0.05, 0) is 36.2 Å². The van der Waals surface area contributed by atoms with Crippen molar-refractivity contribution in [2.24, 2.45) is 0 Å². The molecule has 21 heavy (non-hydrogen) atoms. The van der Waals surface area contributed by atoms with Gasteiger partial charge in [-0.3, -0.25) is 14.9 Å². The number of aldehydes is 1. The summed E-state index contributed by atoms with van der Waals surface area (Å²) < 4.78 is 6.29. The molecule has 0 atom stereocenters. The third-order valence-corrected chi connectivity index (χ3v) is 3.44. The predicted molar refractivity (Wildman–Crippen MR) is 82.1 cm³/mol. The second-order valence-electron chi connectivity index (χ2n) is 4.31. The number of carbonyl (C=O) groups excluding carboxylic acids is 1. The summed E-state index contributed by atoms with van der Waals surface area (Å²) in [4.78, 5) is 21.7. The van der Waals surface area contributed by atoms with Gasteiger partial charge in [0.15, 0.2) is 6.29 Å². The Bertz CT molecular complexity index is 700. The fourth-order valence-electron chi connectivity index (χ4n) is 1.82. The first-order chi connectivity index (χ1) is 10.0. The number of hydrogen-bond acceptors (Lipinski definition) is 4. The van der Waals surface area contributed by atoms with Crippen LogP contribution in [0.5, 0.6) is 11.5 Å². The number of carbonyl (C=O) groups is 1. The van der Waals surface area contributed by atoms with E-state index in [1.165, 1.54) is 6.07 Å². The van der Waals surface area contributed by atoms with Crippen molar-refractivity contribution in [2.75, 3.05) is 0 Å². The minimum Gasteiger partial charge on any atom is -0.449 e. The molecule has 0 unspecified atom stereocenters. The van der Waals surface area contributed by atoms with Gasteiger partial charge < -0.3 is 4.74 Å². The van der Waals surface area contributed by atoms with E-state index in [0.29, 0.717) is 18.3 Å². The lowest BCUT2D eigenvalue weighted by atomic mass is 10.1. The average Bonchev–Trinajstić information content (AvgIpc) is 2.47. The van der Waals surface area contributed by atoms with Crippen LogP contribution in [0.4, 0.5) is 5.69 Å². The Balaban J connectivity index is 2.46. The molecule has 0 saturated heterocycles. The molecule has 2 rings (SSSR count). The van der Waals surface area contributed by atoms with Gasteiger partial charge in [0.05, 0.1) is 10.5 Å². The minimum atomic E-state index is -0.493. The summed E-state index contributed by atoms with van der Waals surface area (Å²) >= 11 is 3.28. The molecule has 0 radical (unpaired) electrons. The molecular weight excluding hydrogens is 338 g/mol. The molecule has 0 aromatic heterocycles. The minimum absolute atomic E-state index is 0.110. The van der Waals surface area contributed by atoms with Gasteiger partial charge in [-0.15, -0.1) is 0 Å². The van der Waals surface area contributed by atoms with Gasteiger partial charge in [0.1, 0.15) is 5.75 Å².